The Labute approximate surface area is 174 Å². The number of Topliss-reactive ketones (excluding diaryl/α,β-unsaturated/α-hetero) is 1. The molecule has 28 heavy (non-hydrogen) atoms. The van der Waals surface area contributed by atoms with E-state index in [-0.39, 0.29) is 31.1 Å². The van der Waals surface area contributed by atoms with E-state index < -0.39 is 10.0 Å². The standard InChI is InChI=1S/C19H20Cl2N2O4S/c1-28(26,27)23-15-6-2-13(3-7-15)5-9-19(25)22-12-16(24)10-14-4-8-17(20)18(21)11-14/h2-4,6-8,11,23H,5,9-10,12H2,1H3,(H,22,25). The maximum atomic E-state index is 12.0. The summed E-state index contributed by atoms with van der Waals surface area (Å²) >= 11 is 11.8. The summed E-state index contributed by atoms with van der Waals surface area (Å²) in [6, 6.07) is 11.7. The van der Waals surface area contributed by atoms with Crippen LogP contribution in [0.1, 0.15) is 17.5 Å². The Morgan fingerprint density at radius 1 is 0.964 bits per heavy atom. The van der Waals surface area contributed by atoms with E-state index in [4.69, 9.17) is 23.2 Å². The second-order valence-electron chi connectivity index (χ2n) is 6.31. The SMILES string of the molecule is CS(=O)(=O)Nc1ccc(CCC(=O)NCC(=O)Cc2ccc(Cl)c(Cl)c2)cc1. The highest BCUT2D eigenvalue weighted by atomic mass is 35.5. The van der Waals surface area contributed by atoms with Crippen LogP contribution in [0.15, 0.2) is 42.5 Å². The first-order valence-electron chi connectivity index (χ1n) is 8.41. The van der Waals surface area contributed by atoms with Crippen molar-refractivity contribution >= 4 is 50.6 Å². The lowest BCUT2D eigenvalue weighted by molar-refractivity contribution is -0.124. The average molecular weight is 443 g/mol. The molecule has 1 amide bonds. The Hall–Kier alpha value is -2.09. The van der Waals surface area contributed by atoms with Gasteiger partial charge in [0, 0.05) is 18.5 Å². The number of anilines is 1. The van der Waals surface area contributed by atoms with Gasteiger partial charge in [0.05, 0.1) is 22.8 Å². The number of hydrogen-bond donors (Lipinski definition) is 2. The molecule has 0 atom stereocenters. The van der Waals surface area contributed by atoms with Gasteiger partial charge in [-0.05, 0) is 41.8 Å². The van der Waals surface area contributed by atoms with E-state index >= 15 is 0 Å². The molecule has 9 heteroatoms. The lowest BCUT2D eigenvalue weighted by Gasteiger charge is -2.07. The number of carbonyl (C=O) groups excluding carboxylic acids is 2. The Kier molecular flexibility index (Phi) is 7.86. The van der Waals surface area contributed by atoms with E-state index in [9.17, 15) is 18.0 Å². The minimum absolute atomic E-state index is 0.0592. The normalized spacial score (nSPS) is 11.1. The van der Waals surface area contributed by atoms with Crippen LogP contribution in [-0.4, -0.2) is 32.9 Å². The minimum atomic E-state index is -3.32. The van der Waals surface area contributed by atoms with Crippen molar-refractivity contribution < 1.29 is 18.0 Å². The number of halogens is 2. The molecular formula is C19H20Cl2N2O4S. The van der Waals surface area contributed by atoms with Gasteiger partial charge in [0.15, 0.2) is 5.78 Å². The highest BCUT2D eigenvalue weighted by molar-refractivity contribution is 7.92. The van der Waals surface area contributed by atoms with E-state index in [0.717, 1.165) is 17.4 Å². The van der Waals surface area contributed by atoms with Crippen molar-refractivity contribution in [3.8, 4) is 0 Å². The number of amides is 1. The third-order valence-corrected chi connectivity index (χ3v) is 5.11. The van der Waals surface area contributed by atoms with Crippen LogP contribution < -0.4 is 10.0 Å². The zero-order chi connectivity index (χ0) is 20.7. The van der Waals surface area contributed by atoms with Gasteiger partial charge in [0.2, 0.25) is 15.9 Å². The topological polar surface area (TPSA) is 92.3 Å². The van der Waals surface area contributed by atoms with Crippen molar-refractivity contribution in [2.45, 2.75) is 19.3 Å². The first-order chi connectivity index (χ1) is 13.1. The summed E-state index contributed by atoms with van der Waals surface area (Å²) in [4.78, 5) is 23.9. The molecule has 0 aromatic heterocycles. The zero-order valence-electron chi connectivity index (χ0n) is 15.2. The average Bonchev–Trinajstić information content (AvgIpc) is 2.61. The van der Waals surface area contributed by atoms with Gasteiger partial charge in [-0.1, -0.05) is 41.4 Å². The van der Waals surface area contributed by atoms with Crippen LogP contribution in [0.25, 0.3) is 0 Å². The molecule has 0 spiro atoms. The molecule has 0 saturated carbocycles. The van der Waals surface area contributed by atoms with Crippen LogP contribution in [0.2, 0.25) is 10.0 Å². The summed E-state index contributed by atoms with van der Waals surface area (Å²) in [6.07, 6.45) is 1.94. The van der Waals surface area contributed by atoms with Crippen molar-refractivity contribution in [1.82, 2.24) is 5.32 Å². The highest BCUT2D eigenvalue weighted by Crippen LogP contribution is 2.22. The molecule has 0 bridgehead atoms. The maximum absolute atomic E-state index is 12.0. The van der Waals surface area contributed by atoms with Crippen molar-refractivity contribution in [2.75, 3.05) is 17.5 Å². The van der Waals surface area contributed by atoms with E-state index in [1.165, 1.54) is 0 Å². The van der Waals surface area contributed by atoms with Crippen molar-refractivity contribution in [3.05, 3.63) is 63.6 Å². The fourth-order valence-corrected chi connectivity index (χ4v) is 3.32. The maximum Gasteiger partial charge on any atom is 0.229 e. The number of rotatable bonds is 9. The van der Waals surface area contributed by atoms with Crippen molar-refractivity contribution in [3.63, 3.8) is 0 Å². The summed E-state index contributed by atoms with van der Waals surface area (Å²) in [6.45, 7) is -0.0592. The molecule has 0 aliphatic heterocycles. The molecule has 2 N–H and O–H groups in total. The molecule has 0 heterocycles. The zero-order valence-corrected chi connectivity index (χ0v) is 17.5. The van der Waals surface area contributed by atoms with Crippen LogP contribution in [0.5, 0.6) is 0 Å². The lowest BCUT2D eigenvalue weighted by atomic mass is 10.1. The summed E-state index contributed by atoms with van der Waals surface area (Å²) in [5.74, 6) is -0.372. The molecule has 2 rings (SSSR count). The second kappa shape index (κ2) is 9.91. The number of sulfonamides is 1. The summed E-state index contributed by atoms with van der Waals surface area (Å²) in [5.41, 5.74) is 2.08. The predicted octanol–water partition coefficient (Wildman–Crippen LogP) is 3.23. The van der Waals surface area contributed by atoms with Gasteiger partial charge >= 0.3 is 0 Å². The minimum Gasteiger partial charge on any atom is -0.349 e. The molecule has 0 fully saturated rings. The lowest BCUT2D eigenvalue weighted by Crippen LogP contribution is -2.30. The number of carbonyl (C=O) groups is 2. The predicted molar refractivity (Wildman–Crippen MR) is 111 cm³/mol. The Bertz CT molecular complexity index is 960. The highest BCUT2D eigenvalue weighted by Gasteiger charge is 2.09. The van der Waals surface area contributed by atoms with E-state index in [2.05, 4.69) is 10.0 Å². The van der Waals surface area contributed by atoms with Crippen molar-refractivity contribution in [1.29, 1.82) is 0 Å². The van der Waals surface area contributed by atoms with Gasteiger partial charge in [-0.3, -0.25) is 14.3 Å². The number of nitrogens with one attached hydrogen (secondary N) is 2. The van der Waals surface area contributed by atoms with Crippen LogP contribution >= 0.6 is 23.2 Å². The molecular weight excluding hydrogens is 423 g/mol. The van der Waals surface area contributed by atoms with Gasteiger partial charge in [-0.15, -0.1) is 0 Å². The third-order valence-electron chi connectivity index (χ3n) is 3.77. The fourth-order valence-electron chi connectivity index (χ4n) is 2.44. The molecule has 0 saturated heterocycles. The summed E-state index contributed by atoms with van der Waals surface area (Å²) in [7, 11) is -3.32. The quantitative estimate of drug-likeness (QED) is 0.623. The second-order valence-corrected chi connectivity index (χ2v) is 8.87. The third kappa shape index (κ3) is 7.88. The van der Waals surface area contributed by atoms with Gasteiger partial charge in [0.1, 0.15) is 0 Å². The van der Waals surface area contributed by atoms with Gasteiger partial charge in [-0.25, -0.2) is 8.42 Å². The molecule has 0 radical (unpaired) electrons. The number of benzene rings is 2. The molecule has 2 aromatic carbocycles. The van der Waals surface area contributed by atoms with Gasteiger partial charge in [-0.2, -0.15) is 0 Å². The van der Waals surface area contributed by atoms with Crippen LogP contribution in [0.4, 0.5) is 5.69 Å². The number of ketones is 1. The van der Waals surface area contributed by atoms with Crippen molar-refractivity contribution in [2.24, 2.45) is 0 Å². The van der Waals surface area contributed by atoms with E-state index in [0.29, 0.717) is 22.2 Å². The van der Waals surface area contributed by atoms with E-state index in [1.54, 1.807) is 42.5 Å². The first kappa shape index (κ1) is 22.2. The molecule has 6 nitrogen and oxygen atoms in total. The molecule has 150 valence electrons. The molecule has 0 unspecified atom stereocenters. The Morgan fingerprint density at radius 2 is 1.61 bits per heavy atom. The van der Waals surface area contributed by atoms with Crippen LogP contribution in [-0.2, 0) is 32.5 Å². The van der Waals surface area contributed by atoms with E-state index in [1.807, 2.05) is 0 Å². The molecule has 0 aliphatic rings. The van der Waals surface area contributed by atoms with Crippen LogP contribution in [0, 0.1) is 0 Å². The largest absolute Gasteiger partial charge is 0.349 e. The van der Waals surface area contributed by atoms with Gasteiger partial charge in [0.25, 0.3) is 0 Å². The number of hydrogen-bond acceptors (Lipinski definition) is 4. The first-order valence-corrected chi connectivity index (χ1v) is 11.1. The van der Waals surface area contributed by atoms with Crippen LogP contribution in [0.3, 0.4) is 0 Å². The smallest absolute Gasteiger partial charge is 0.229 e. The van der Waals surface area contributed by atoms with Gasteiger partial charge < -0.3 is 5.32 Å². The summed E-state index contributed by atoms with van der Waals surface area (Å²) < 4.78 is 24.7. The Balaban J connectivity index is 1.74. The monoisotopic (exact) mass is 442 g/mol. The molecule has 0 aliphatic carbocycles. The Morgan fingerprint density at radius 3 is 2.21 bits per heavy atom. The molecule has 2 aromatic rings. The fraction of sp³-hybridized carbons (Fsp3) is 0.263. The number of aryl methyl sites for hydroxylation is 1. The summed E-state index contributed by atoms with van der Waals surface area (Å²) in [5, 5.41) is 3.41.